The van der Waals surface area contributed by atoms with Gasteiger partial charge in [-0.15, -0.1) is 0 Å². The smallest absolute Gasteiger partial charge is 0.321 e. The monoisotopic (exact) mass is 500 g/mol. The Kier molecular flexibility index (Phi) is 6.31. The largest absolute Gasteiger partial charge is 0.326 e. The van der Waals surface area contributed by atoms with Crippen LogP contribution in [0.15, 0.2) is 49.1 Å². The van der Waals surface area contributed by atoms with Crippen molar-refractivity contribution >= 4 is 17.5 Å². The molecule has 0 radical (unpaired) electrons. The number of aromatic amines is 1. The summed E-state index contributed by atoms with van der Waals surface area (Å²) in [6.45, 7) is 10.8. The lowest BCUT2D eigenvalue weighted by Crippen LogP contribution is -2.46. The van der Waals surface area contributed by atoms with E-state index in [2.05, 4.69) is 44.3 Å². The molecule has 2 N–H and O–H groups in total. The number of carbonyl (C=O) groups is 1. The highest BCUT2D eigenvalue weighted by Gasteiger charge is 2.40. The summed E-state index contributed by atoms with van der Waals surface area (Å²) in [6.07, 6.45) is 5.27. The van der Waals surface area contributed by atoms with Gasteiger partial charge >= 0.3 is 6.03 Å². The van der Waals surface area contributed by atoms with Crippen LogP contribution in [0.4, 0.5) is 10.6 Å². The van der Waals surface area contributed by atoms with Gasteiger partial charge in [-0.1, -0.05) is 38.1 Å². The average molecular weight is 501 g/mol. The number of amides is 2. The minimum absolute atomic E-state index is 0.0302. The van der Waals surface area contributed by atoms with Crippen molar-refractivity contribution in [3.05, 3.63) is 49.1 Å². The molecule has 2 fully saturated rings. The van der Waals surface area contributed by atoms with Crippen LogP contribution in [0.25, 0.3) is 28.2 Å². The Bertz CT molecular complexity index is 1360. The van der Waals surface area contributed by atoms with E-state index in [1.54, 1.807) is 10.8 Å². The lowest BCUT2D eigenvalue weighted by molar-refractivity contribution is 0.193. The molecule has 0 bridgehead atoms. The molecule has 1 aromatic carbocycles. The first-order chi connectivity index (χ1) is 18.1. The molecular formula is C26H32N10O. The van der Waals surface area contributed by atoms with E-state index < -0.39 is 0 Å². The van der Waals surface area contributed by atoms with E-state index in [-0.39, 0.29) is 12.1 Å². The van der Waals surface area contributed by atoms with Crippen molar-refractivity contribution in [3.63, 3.8) is 0 Å². The van der Waals surface area contributed by atoms with Gasteiger partial charge in [-0.05, 0) is 17.5 Å². The molecule has 1 unspecified atom stereocenters. The zero-order chi connectivity index (χ0) is 25.4. The van der Waals surface area contributed by atoms with Crippen molar-refractivity contribution < 1.29 is 4.79 Å². The number of piperazine rings is 1. The zero-order valence-electron chi connectivity index (χ0n) is 21.2. The quantitative estimate of drug-likeness (QED) is 0.401. The first-order valence-electron chi connectivity index (χ1n) is 12.9. The van der Waals surface area contributed by atoms with Crippen molar-refractivity contribution in [2.45, 2.75) is 19.9 Å². The number of rotatable bonds is 7. The van der Waals surface area contributed by atoms with Gasteiger partial charge in [-0.2, -0.15) is 10.2 Å². The van der Waals surface area contributed by atoms with E-state index in [1.807, 2.05) is 52.5 Å². The van der Waals surface area contributed by atoms with Crippen LogP contribution in [-0.4, -0.2) is 97.5 Å². The Morgan fingerprint density at radius 3 is 2.57 bits per heavy atom. The summed E-state index contributed by atoms with van der Waals surface area (Å²) < 4.78 is 1.76. The van der Waals surface area contributed by atoms with Crippen LogP contribution in [0.2, 0.25) is 0 Å². The van der Waals surface area contributed by atoms with Crippen molar-refractivity contribution in [1.29, 1.82) is 0 Å². The fourth-order valence-electron chi connectivity index (χ4n) is 5.18. The van der Waals surface area contributed by atoms with Gasteiger partial charge in [0.05, 0.1) is 12.2 Å². The molecule has 4 aromatic rings. The van der Waals surface area contributed by atoms with Crippen molar-refractivity contribution in [2.24, 2.45) is 5.92 Å². The third-order valence-corrected chi connectivity index (χ3v) is 7.35. The van der Waals surface area contributed by atoms with E-state index in [9.17, 15) is 4.79 Å². The minimum atomic E-state index is 0.0302. The van der Waals surface area contributed by atoms with Crippen LogP contribution in [0.1, 0.15) is 13.8 Å². The van der Waals surface area contributed by atoms with Gasteiger partial charge < -0.3 is 10.2 Å². The fourth-order valence-corrected chi connectivity index (χ4v) is 5.18. The summed E-state index contributed by atoms with van der Waals surface area (Å²) >= 11 is 0. The number of anilines is 1. The maximum atomic E-state index is 13.6. The number of carbonyl (C=O) groups excluding carboxylic acids is 1. The minimum Gasteiger partial charge on any atom is -0.321 e. The van der Waals surface area contributed by atoms with Crippen LogP contribution in [0, 0.1) is 5.92 Å². The number of benzene rings is 1. The zero-order valence-corrected chi connectivity index (χ0v) is 21.2. The number of aromatic nitrogens is 6. The number of hydrogen-bond donors (Lipinski definition) is 2. The number of fused-ring (bicyclic) bond motifs is 1. The molecule has 2 aliphatic rings. The molecule has 11 heteroatoms. The molecule has 0 saturated carbocycles. The first-order valence-corrected chi connectivity index (χ1v) is 12.9. The second-order valence-corrected chi connectivity index (χ2v) is 10.0. The number of hydrogen-bond acceptors (Lipinski definition) is 7. The maximum Gasteiger partial charge on any atom is 0.326 e. The predicted molar refractivity (Wildman–Crippen MR) is 141 cm³/mol. The van der Waals surface area contributed by atoms with Gasteiger partial charge in [0.25, 0.3) is 0 Å². The van der Waals surface area contributed by atoms with Crippen LogP contribution in [-0.2, 0) is 0 Å². The summed E-state index contributed by atoms with van der Waals surface area (Å²) in [7, 11) is 0. The second-order valence-electron chi connectivity index (χ2n) is 10.0. The topological polar surface area (TPSA) is 111 Å². The molecule has 5 heterocycles. The SMILES string of the molecule is CC(C)C1CN(CCN2CCNCC2)C(=O)N1c1ccn2ncc(-c3ccc(-c4nc[nH]n4)cc3)c2n1. The Hall–Kier alpha value is -3.83. The van der Waals surface area contributed by atoms with Crippen molar-refractivity contribution in [3.8, 4) is 22.5 Å². The summed E-state index contributed by atoms with van der Waals surface area (Å²) in [5.74, 6) is 1.62. The van der Waals surface area contributed by atoms with E-state index >= 15 is 0 Å². The Morgan fingerprint density at radius 1 is 1.05 bits per heavy atom. The molecule has 2 amide bonds. The van der Waals surface area contributed by atoms with E-state index in [0.717, 1.165) is 61.6 Å². The standard InChI is InChI=1S/C26H32N10O/c1-18(2)22-16-34(14-13-33-11-8-27-9-12-33)26(37)36(22)23-7-10-35-25(31-23)21(15-30-35)19-3-5-20(6-4-19)24-28-17-29-32-24/h3-7,10,15,17-18,22,27H,8-9,11-14,16H2,1-2H3,(H,28,29,32). The van der Waals surface area contributed by atoms with Crippen LogP contribution >= 0.6 is 0 Å². The van der Waals surface area contributed by atoms with Gasteiger partial charge in [-0.25, -0.2) is 19.3 Å². The number of nitrogens with one attached hydrogen (secondary N) is 2. The van der Waals surface area contributed by atoms with Crippen molar-refractivity contribution in [2.75, 3.05) is 50.7 Å². The van der Waals surface area contributed by atoms with E-state index in [1.165, 1.54) is 0 Å². The molecule has 3 aromatic heterocycles. The fraction of sp³-hybridized carbons (Fsp3) is 0.423. The lowest BCUT2D eigenvalue weighted by Gasteiger charge is -2.28. The first kappa shape index (κ1) is 23.6. The van der Waals surface area contributed by atoms with Crippen LogP contribution in [0.3, 0.4) is 0 Å². The van der Waals surface area contributed by atoms with E-state index in [0.29, 0.717) is 24.1 Å². The van der Waals surface area contributed by atoms with Gasteiger partial charge in [0.2, 0.25) is 0 Å². The molecule has 6 rings (SSSR count). The Balaban J connectivity index is 1.27. The molecule has 2 aliphatic heterocycles. The summed E-state index contributed by atoms with van der Waals surface area (Å²) in [4.78, 5) is 29.1. The lowest BCUT2D eigenvalue weighted by atomic mass is 10.0. The Morgan fingerprint density at radius 2 is 1.84 bits per heavy atom. The highest BCUT2D eigenvalue weighted by atomic mass is 16.2. The Labute approximate surface area is 215 Å². The summed E-state index contributed by atoms with van der Waals surface area (Å²) in [5.41, 5.74) is 3.55. The van der Waals surface area contributed by atoms with Gasteiger partial charge in [0.1, 0.15) is 12.1 Å². The number of H-pyrrole nitrogens is 1. The van der Waals surface area contributed by atoms with Gasteiger partial charge in [-0.3, -0.25) is 14.9 Å². The summed E-state index contributed by atoms with van der Waals surface area (Å²) in [5, 5.41) is 14.8. The normalized spacial score (nSPS) is 19.0. The van der Waals surface area contributed by atoms with Gasteiger partial charge in [0, 0.05) is 63.1 Å². The third kappa shape index (κ3) is 4.56. The highest BCUT2D eigenvalue weighted by molar-refractivity contribution is 5.94. The molecule has 192 valence electrons. The summed E-state index contributed by atoms with van der Waals surface area (Å²) in [6, 6.07) is 10.0. The average Bonchev–Trinajstić information content (AvgIpc) is 3.67. The molecule has 0 aliphatic carbocycles. The van der Waals surface area contributed by atoms with E-state index in [4.69, 9.17) is 4.98 Å². The van der Waals surface area contributed by atoms with Crippen LogP contribution < -0.4 is 10.2 Å². The number of nitrogens with zero attached hydrogens (tertiary/aromatic N) is 8. The molecule has 1 atom stereocenters. The number of urea groups is 1. The molecule has 0 spiro atoms. The van der Waals surface area contributed by atoms with Gasteiger partial charge in [0.15, 0.2) is 11.5 Å². The predicted octanol–water partition coefficient (Wildman–Crippen LogP) is 2.35. The van der Waals surface area contributed by atoms with Crippen LogP contribution in [0.5, 0.6) is 0 Å². The molecule has 11 nitrogen and oxygen atoms in total. The maximum absolute atomic E-state index is 13.6. The molecule has 37 heavy (non-hydrogen) atoms. The second kappa shape index (κ2) is 9.91. The molecule has 2 saturated heterocycles. The molecular weight excluding hydrogens is 468 g/mol. The third-order valence-electron chi connectivity index (χ3n) is 7.35. The van der Waals surface area contributed by atoms with Crippen molar-refractivity contribution in [1.82, 2.24) is 44.9 Å². The highest BCUT2D eigenvalue weighted by Crippen LogP contribution is 2.31.